The number of nitrogens with zero attached hydrogens (tertiary/aromatic N) is 6. The van der Waals surface area contributed by atoms with Crippen molar-refractivity contribution < 1.29 is 4.79 Å². The van der Waals surface area contributed by atoms with E-state index in [2.05, 4.69) is 25.3 Å². The minimum atomic E-state index is -0.272. The van der Waals surface area contributed by atoms with Crippen molar-refractivity contribution in [2.24, 2.45) is 0 Å². The highest BCUT2D eigenvalue weighted by atomic mass is 16.1. The van der Waals surface area contributed by atoms with Gasteiger partial charge in [0.05, 0.1) is 18.4 Å². The highest BCUT2D eigenvalue weighted by Crippen LogP contribution is 2.11. The second-order valence-electron chi connectivity index (χ2n) is 5.84. The maximum atomic E-state index is 12.4. The summed E-state index contributed by atoms with van der Waals surface area (Å²) >= 11 is 0. The van der Waals surface area contributed by atoms with Crippen LogP contribution in [0, 0.1) is 6.92 Å². The zero-order valence-corrected chi connectivity index (χ0v) is 14.2. The molecular formula is C15H23N7O. The topological polar surface area (TPSA) is 79.2 Å². The van der Waals surface area contributed by atoms with Crippen LogP contribution in [0.15, 0.2) is 18.5 Å². The summed E-state index contributed by atoms with van der Waals surface area (Å²) < 4.78 is 1.80. The van der Waals surface area contributed by atoms with Gasteiger partial charge in [-0.15, -0.1) is 0 Å². The number of likely N-dealkylation sites (N-methyl/N-ethyl adjacent to an activating group) is 1. The Labute approximate surface area is 136 Å². The van der Waals surface area contributed by atoms with E-state index in [1.807, 2.05) is 41.3 Å². The molecule has 8 nitrogen and oxygen atoms in total. The predicted octanol–water partition coefficient (Wildman–Crippen LogP) is 0.861. The lowest BCUT2D eigenvalue weighted by molar-refractivity contribution is 0.102. The van der Waals surface area contributed by atoms with Gasteiger partial charge in [0.1, 0.15) is 5.69 Å². The normalized spacial score (nSPS) is 10.9. The Morgan fingerprint density at radius 2 is 2.00 bits per heavy atom. The summed E-state index contributed by atoms with van der Waals surface area (Å²) in [5.74, 6) is 0.239. The second-order valence-corrected chi connectivity index (χ2v) is 5.84. The third-order valence-electron chi connectivity index (χ3n) is 3.14. The van der Waals surface area contributed by atoms with Crippen LogP contribution in [0.5, 0.6) is 0 Å². The molecule has 0 saturated heterocycles. The van der Waals surface area contributed by atoms with Crippen LogP contribution in [-0.2, 0) is 6.54 Å². The van der Waals surface area contributed by atoms with Gasteiger partial charge in [-0.3, -0.25) is 9.48 Å². The fourth-order valence-corrected chi connectivity index (χ4v) is 1.92. The fourth-order valence-electron chi connectivity index (χ4n) is 1.92. The molecule has 0 spiro atoms. The van der Waals surface area contributed by atoms with Crippen LogP contribution in [0.25, 0.3) is 0 Å². The molecule has 0 atom stereocenters. The summed E-state index contributed by atoms with van der Waals surface area (Å²) in [6.07, 6.45) is 3.44. The monoisotopic (exact) mass is 317 g/mol. The van der Waals surface area contributed by atoms with Crippen molar-refractivity contribution in [1.82, 2.24) is 24.6 Å². The number of aryl methyl sites for hydroxylation is 1. The van der Waals surface area contributed by atoms with Gasteiger partial charge in [0, 0.05) is 32.5 Å². The van der Waals surface area contributed by atoms with Gasteiger partial charge in [-0.2, -0.15) is 5.10 Å². The first-order chi connectivity index (χ1) is 10.8. The summed E-state index contributed by atoms with van der Waals surface area (Å²) in [5.41, 5.74) is 1.73. The Morgan fingerprint density at radius 1 is 1.26 bits per heavy atom. The summed E-state index contributed by atoms with van der Waals surface area (Å²) in [7, 11) is 7.69. The van der Waals surface area contributed by atoms with E-state index in [4.69, 9.17) is 0 Å². The first-order valence-corrected chi connectivity index (χ1v) is 7.36. The minimum absolute atomic E-state index is 0.272. The van der Waals surface area contributed by atoms with E-state index in [0.29, 0.717) is 17.3 Å². The van der Waals surface area contributed by atoms with Gasteiger partial charge in [-0.25, -0.2) is 9.97 Å². The molecule has 2 aromatic heterocycles. The van der Waals surface area contributed by atoms with Crippen molar-refractivity contribution >= 4 is 17.5 Å². The van der Waals surface area contributed by atoms with Crippen LogP contribution in [0.1, 0.15) is 16.2 Å². The number of hydrogen-bond acceptors (Lipinski definition) is 6. The van der Waals surface area contributed by atoms with E-state index in [0.717, 1.165) is 18.8 Å². The van der Waals surface area contributed by atoms with Crippen molar-refractivity contribution in [2.75, 3.05) is 45.0 Å². The SMILES string of the molecule is Cc1cc(C(=O)Nc2cnn(CCN(C)C)c2)nc(N(C)C)n1. The van der Waals surface area contributed by atoms with Gasteiger partial charge in [0.2, 0.25) is 5.95 Å². The third-order valence-corrected chi connectivity index (χ3v) is 3.14. The van der Waals surface area contributed by atoms with Crippen LogP contribution in [0.3, 0.4) is 0 Å². The standard InChI is InChI=1S/C15H23N7O/c1-11-8-13(19-15(17-11)21(4)5)14(23)18-12-9-16-22(10-12)7-6-20(2)3/h8-10H,6-7H2,1-5H3,(H,18,23). The molecule has 2 heterocycles. The van der Waals surface area contributed by atoms with Crippen molar-refractivity contribution in [1.29, 1.82) is 0 Å². The Balaban J connectivity index is 2.07. The molecule has 0 bridgehead atoms. The predicted molar refractivity (Wildman–Crippen MR) is 89.8 cm³/mol. The van der Waals surface area contributed by atoms with Crippen LogP contribution >= 0.6 is 0 Å². The Kier molecular flexibility index (Phi) is 5.28. The number of anilines is 2. The van der Waals surface area contributed by atoms with Gasteiger partial charge in [-0.1, -0.05) is 0 Å². The zero-order valence-electron chi connectivity index (χ0n) is 14.2. The average Bonchev–Trinajstić information content (AvgIpc) is 2.92. The molecule has 0 aliphatic heterocycles. The molecule has 0 aliphatic carbocycles. The Morgan fingerprint density at radius 3 is 2.65 bits per heavy atom. The van der Waals surface area contributed by atoms with Crippen molar-refractivity contribution in [3.05, 3.63) is 29.8 Å². The molecule has 0 aliphatic rings. The van der Waals surface area contributed by atoms with Crippen LogP contribution < -0.4 is 10.2 Å². The van der Waals surface area contributed by atoms with Crippen molar-refractivity contribution in [2.45, 2.75) is 13.5 Å². The molecule has 0 radical (unpaired) electrons. The zero-order chi connectivity index (χ0) is 17.0. The summed E-state index contributed by atoms with van der Waals surface area (Å²) in [6, 6.07) is 1.67. The highest BCUT2D eigenvalue weighted by molar-refractivity contribution is 6.02. The van der Waals surface area contributed by atoms with E-state index in [1.165, 1.54) is 0 Å². The molecule has 2 rings (SSSR count). The van der Waals surface area contributed by atoms with Gasteiger partial charge in [0.25, 0.3) is 5.91 Å². The largest absolute Gasteiger partial charge is 0.347 e. The van der Waals surface area contributed by atoms with Gasteiger partial charge in [0.15, 0.2) is 0 Å². The Hall–Kier alpha value is -2.48. The molecule has 23 heavy (non-hydrogen) atoms. The van der Waals surface area contributed by atoms with Crippen LogP contribution in [0.2, 0.25) is 0 Å². The first kappa shape index (κ1) is 16.9. The van der Waals surface area contributed by atoms with E-state index in [1.54, 1.807) is 21.8 Å². The minimum Gasteiger partial charge on any atom is -0.347 e. The van der Waals surface area contributed by atoms with E-state index in [9.17, 15) is 4.79 Å². The lowest BCUT2D eigenvalue weighted by Crippen LogP contribution is -2.19. The lowest BCUT2D eigenvalue weighted by Gasteiger charge is -2.12. The van der Waals surface area contributed by atoms with Crippen molar-refractivity contribution in [3.8, 4) is 0 Å². The molecule has 1 amide bonds. The van der Waals surface area contributed by atoms with E-state index in [-0.39, 0.29) is 5.91 Å². The molecule has 1 N–H and O–H groups in total. The van der Waals surface area contributed by atoms with Crippen LogP contribution in [0.4, 0.5) is 11.6 Å². The molecule has 0 aromatic carbocycles. The highest BCUT2D eigenvalue weighted by Gasteiger charge is 2.12. The van der Waals surface area contributed by atoms with E-state index < -0.39 is 0 Å². The summed E-state index contributed by atoms with van der Waals surface area (Å²) in [6.45, 7) is 3.48. The molecule has 0 saturated carbocycles. The number of amides is 1. The molecule has 0 fully saturated rings. The molecule has 124 valence electrons. The number of carbonyl (C=O) groups is 1. The number of rotatable bonds is 6. The fraction of sp³-hybridized carbons (Fsp3) is 0.467. The maximum Gasteiger partial charge on any atom is 0.274 e. The number of nitrogens with one attached hydrogen (secondary N) is 1. The molecular weight excluding hydrogens is 294 g/mol. The molecule has 0 unspecified atom stereocenters. The van der Waals surface area contributed by atoms with Gasteiger partial charge < -0.3 is 15.1 Å². The van der Waals surface area contributed by atoms with Gasteiger partial charge >= 0.3 is 0 Å². The van der Waals surface area contributed by atoms with Gasteiger partial charge in [-0.05, 0) is 27.1 Å². The first-order valence-electron chi connectivity index (χ1n) is 7.36. The second kappa shape index (κ2) is 7.19. The smallest absolute Gasteiger partial charge is 0.274 e. The number of hydrogen-bond donors (Lipinski definition) is 1. The molecule has 8 heteroatoms. The number of aromatic nitrogens is 4. The lowest BCUT2D eigenvalue weighted by atomic mass is 10.3. The van der Waals surface area contributed by atoms with E-state index >= 15 is 0 Å². The third kappa shape index (κ3) is 4.75. The quantitative estimate of drug-likeness (QED) is 0.851. The summed E-state index contributed by atoms with van der Waals surface area (Å²) in [4.78, 5) is 24.7. The van der Waals surface area contributed by atoms with Crippen LogP contribution in [-0.4, -0.2) is 65.3 Å². The number of carbonyl (C=O) groups excluding carboxylic acids is 1. The summed E-state index contributed by atoms with van der Waals surface area (Å²) in [5, 5.41) is 7.05. The van der Waals surface area contributed by atoms with Crippen molar-refractivity contribution in [3.63, 3.8) is 0 Å². The Bertz CT molecular complexity index is 678. The maximum absolute atomic E-state index is 12.4. The average molecular weight is 317 g/mol. The molecule has 2 aromatic rings.